The van der Waals surface area contributed by atoms with Gasteiger partial charge in [0.1, 0.15) is 6.23 Å². The molecular formula is C6H14NO. The molecule has 0 aliphatic heterocycles. The van der Waals surface area contributed by atoms with Crippen molar-refractivity contribution in [1.29, 1.82) is 0 Å². The van der Waals surface area contributed by atoms with Crippen molar-refractivity contribution in [3.05, 3.63) is 0 Å². The molecule has 0 aromatic rings. The Kier molecular flexibility index (Phi) is 5.01. The van der Waals surface area contributed by atoms with E-state index in [1.165, 1.54) is 0 Å². The standard InChI is InChI=1S/C6H14NO/c1-2-3-4-5-6(7)8/h6H,2-5,7H2,1H3. The van der Waals surface area contributed by atoms with Crippen LogP contribution in [0.1, 0.15) is 32.6 Å². The minimum Gasteiger partial charge on any atom is -0.303 e. The summed E-state index contributed by atoms with van der Waals surface area (Å²) >= 11 is 0. The highest BCUT2D eigenvalue weighted by Crippen LogP contribution is 1.99. The molecule has 8 heavy (non-hydrogen) atoms. The van der Waals surface area contributed by atoms with Gasteiger partial charge < -0.3 is 5.73 Å². The normalized spacial score (nSPS) is 13.9. The molecule has 1 unspecified atom stereocenters. The van der Waals surface area contributed by atoms with Crippen molar-refractivity contribution in [2.24, 2.45) is 5.73 Å². The Labute approximate surface area is 50.7 Å². The van der Waals surface area contributed by atoms with Gasteiger partial charge in [-0.25, -0.2) is 5.11 Å². The van der Waals surface area contributed by atoms with Crippen LogP contribution >= 0.6 is 0 Å². The van der Waals surface area contributed by atoms with Gasteiger partial charge in [0.05, 0.1) is 0 Å². The molecular weight excluding hydrogens is 102 g/mol. The molecule has 0 aromatic carbocycles. The third-order valence-corrected chi connectivity index (χ3v) is 1.09. The molecule has 2 heteroatoms. The van der Waals surface area contributed by atoms with Crippen molar-refractivity contribution < 1.29 is 5.11 Å². The molecule has 0 bridgehead atoms. The van der Waals surface area contributed by atoms with Crippen LogP contribution in [0.4, 0.5) is 0 Å². The van der Waals surface area contributed by atoms with E-state index in [9.17, 15) is 5.11 Å². The Morgan fingerprint density at radius 3 is 2.50 bits per heavy atom. The van der Waals surface area contributed by atoms with Crippen molar-refractivity contribution in [3.63, 3.8) is 0 Å². The van der Waals surface area contributed by atoms with Gasteiger partial charge in [0.15, 0.2) is 0 Å². The molecule has 1 radical (unpaired) electrons. The highest BCUT2D eigenvalue weighted by Gasteiger charge is 1.94. The summed E-state index contributed by atoms with van der Waals surface area (Å²) < 4.78 is 0. The van der Waals surface area contributed by atoms with E-state index in [2.05, 4.69) is 6.92 Å². The lowest BCUT2D eigenvalue weighted by Gasteiger charge is -1.97. The zero-order chi connectivity index (χ0) is 6.41. The molecule has 0 amide bonds. The molecule has 2 nitrogen and oxygen atoms in total. The first-order chi connectivity index (χ1) is 3.77. The predicted molar refractivity (Wildman–Crippen MR) is 32.8 cm³/mol. The van der Waals surface area contributed by atoms with Crippen molar-refractivity contribution >= 4 is 0 Å². The van der Waals surface area contributed by atoms with Crippen molar-refractivity contribution in [3.8, 4) is 0 Å². The van der Waals surface area contributed by atoms with Crippen molar-refractivity contribution in [2.75, 3.05) is 0 Å². The van der Waals surface area contributed by atoms with E-state index in [4.69, 9.17) is 5.73 Å². The first-order valence-electron chi connectivity index (χ1n) is 3.18. The van der Waals surface area contributed by atoms with Crippen LogP contribution in [0.3, 0.4) is 0 Å². The fourth-order valence-electron chi connectivity index (χ4n) is 0.596. The summed E-state index contributed by atoms with van der Waals surface area (Å²) in [6, 6.07) is 0. The Hall–Kier alpha value is -0.0800. The molecule has 0 saturated heterocycles. The van der Waals surface area contributed by atoms with Gasteiger partial charge in [0.2, 0.25) is 0 Å². The average Bonchev–Trinajstić information content (AvgIpc) is 1.66. The molecule has 0 saturated carbocycles. The third-order valence-electron chi connectivity index (χ3n) is 1.09. The minimum absolute atomic E-state index is 0.633. The molecule has 0 rings (SSSR count). The van der Waals surface area contributed by atoms with Gasteiger partial charge in [-0.2, -0.15) is 0 Å². The molecule has 1 atom stereocenters. The van der Waals surface area contributed by atoms with Crippen LogP contribution in [0.2, 0.25) is 0 Å². The van der Waals surface area contributed by atoms with Crippen LogP contribution < -0.4 is 5.73 Å². The zero-order valence-electron chi connectivity index (χ0n) is 5.39. The second kappa shape index (κ2) is 5.06. The van der Waals surface area contributed by atoms with Crippen LogP contribution in [0.25, 0.3) is 0 Å². The lowest BCUT2D eigenvalue weighted by atomic mass is 10.2. The molecule has 0 fully saturated rings. The molecule has 0 heterocycles. The Balaban J connectivity index is 2.72. The maximum Gasteiger partial charge on any atom is 0.141 e. The van der Waals surface area contributed by atoms with Crippen molar-refractivity contribution in [2.45, 2.75) is 38.8 Å². The lowest BCUT2D eigenvalue weighted by molar-refractivity contribution is 0.0847. The molecule has 0 aliphatic rings. The predicted octanol–water partition coefficient (Wildman–Crippen LogP) is 1.28. The number of nitrogens with two attached hydrogens (primary N) is 1. The van der Waals surface area contributed by atoms with Crippen LogP contribution in [0.15, 0.2) is 0 Å². The molecule has 49 valence electrons. The van der Waals surface area contributed by atoms with E-state index in [0.29, 0.717) is 6.42 Å². The summed E-state index contributed by atoms with van der Waals surface area (Å²) in [5, 5.41) is 10.2. The van der Waals surface area contributed by atoms with Gasteiger partial charge in [0.25, 0.3) is 0 Å². The molecule has 2 N–H and O–H groups in total. The Morgan fingerprint density at radius 1 is 1.50 bits per heavy atom. The second-order valence-electron chi connectivity index (χ2n) is 2.03. The maximum atomic E-state index is 10.2. The quantitative estimate of drug-likeness (QED) is 0.436. The number of hydrogen-bond donors (Lipinski definition) is 1. The number of hydrogen-bond acceptors (Lipinski definition) is 1. The van der Waals surface area contributed by atoms with E-state index < -0.39 is 6.23 Å². The summed E-state index contributed by atoms with van der Waals surface area (Å²) in [7, 11) is 0. The molecule has 0 aromatic heterocycles. The Morgan fingerprint density at radius 2 is 2.12 bits per heavy atom. The zero-order valence-corrected chi connectivity index (χ0v) is 5.39. The van der Waals surface area contributed by atoms with E-state index in [1.54, 1.807) is 0 Å². The van der Waals surface area contributed by atoms with Crippen molar-refractivity contribution in [1.82, 2.24) is 0 Å². The van der Waals surface area contributed by atoms with E-state index in [1.807, 2.05) is 0 Å². The van der Waals surface area contributed by atoms with Gasteiger partial charge >= 0.3 is 0 Å². The van der Waals surface area contributed by atoms with E-state index in [-0.39, 0.29) is 0 Å². The molecule has 0 aliphatic carbocycles. The monoisotopic (exact) mass is 116 g/mol. The third kappa shape index (κ3) is 5.92. The van der Waals surface area contributed by atoms with Gasteiger partial charge in [0, 0.05) is 0 Å². The first kappa shape index (κ1) is 7.92. The van der Waals surface area contributed by atoms with E-state index >= 15 is 0 Å². The Bertz CT molecular complexity index is 45.8. The lowest BCUT2D eigenvalue weighted by Crippen LogP contribution is -2.15. The SMILES string of the molecule is CCCCCC(N)[O]. The van der Waals surface area contributed by atoms with Gasteiger partial charge in [-0.1, -0.05) is 19.8 Å². The maximum absolute atomic E-state index is 10.2. The van der Waals surface area contributed by atoms with Crippen LogP contribution in [0, 0.1) is 0 Å². The van der Waals surface area contributed by atoms with Gasteiger partial charge in [-0.3, -0.25) is 0 Å². The summed E-state index contributed by atoms with van der Waals surface area (Å²) in [6.45, 7) is 2.11. The summed E-state index contributed by atoms with van der Waals surface area (Å²) in [5.74, 6) is 0. The number of rotatable bonds is 4. The van der Waals surface area contributed by atoms with Gasteiger partial charge in [-0.05, 0) is 12.8 Å². The van der Waals surface area contributed by atoms with Crippen LogP contribution in [-0.4, -0.2) is 6.23 Å². The van der Waals surface area contributed by atoms with Crippen LogP contribution in [-0.2, 0) is 5.11 Å². The highest BCUT2D eigenvalue weighted by molar-refractivity contribution is 4.44. The average molecular weight is 116 g/mol. The topological polar surface area (TPSA) is 45.9 Å². The fraction of sp³-hybridized carbons (Fsp3) is 1.00. The fourth-order valence-corrected chi connectivity index (χ4v) is 0.596. The summed E-state index contributed by atoms with van der Waals surface area (Å²) in [5.41, 5.74) is 4.98. The summed E-state index contributed by atoms with van der Waals surface area (Å²) in [4.78, 5) is 0. The summed E-state index contributed by atoms with van der Waals surface area (Å²) in [6.07, 6.45) is 3.07. The highest BCUT2D eigenvalue weighted by atomic mass is 16.3. The van der Waals surface area contributed by atoms with Gasteiger partial charge in [-0.15, -0.1) is 0 Å². The van der Waals surface area contributed by atoms with Crippen LogP contribution in [0.5, 0.6) is 0 Å². The minimum atomic E-state index is -0.846. The smallest absolute Gasteiger partial charge is 0.141 e. The second-order valence-corrected chi connectivity index (χ2v) is 2.03. The van der Waals surface area contributed by atoms with E-state index in [0.717, 1.165) is 19.3 Å². The number of unbranched alkanes of at least 4 members (excludes halogenated alkanes) is 2. The molecule has 0 spiro atoms. The first-order valence-corrected chi connectivity index (χ1v) is 3.18. The largest absolute Gasteiger partial charge is 0.303 e.